The summed E-state index contributed by atoms with van der Waals surface area (Å²) in [6.45, 7) is 8.22. The standard InChI is InChI=1S/C22H22Cl2N4OS/c1-4-10-28-20(15(3)25-21(29)17-7-5-6-14(2)11-17)26-27-22(28)30-13-16-8-9-18(23)19(24)12-16/h4-9,11-12,15H,1,10,13H2,2-3H3,(H,25,29). The average Bonchev–Trinajstić information content (AvgIpc) is 3.12. The number of halogens is 2. The van der Waals surface area contributed by atoms with E-state index in [-0.39, 0.29) is 11.9 Å². The summed E-state index contributed by atoms with van der Waals surface area (Å²) in [5.41, 5.74) is 2.68. The van der Waals surface area contributed by atoms with Crippen LogP contribution in [0.2, 0.25) is 10.0 Å². The summed E-state index contributed by atoms with van der Waals surface area (Å²) < 4.78 is 1.95. The van der Waals surface area contributed by atoms with Crippen LogP contribution >= 0.6 is 35.0 Å². The first-order chi connectivity index (χ1) is 14.4. The zero-order chi connectivity index (χ0) is 21.7. The Morgan fingerprint density at radius 1 is 1.23 bits per heavy atom. The molecule has 3 aromatic rings. The lowest BCUT2D eigenvalue weighted by atomic mass is 10.1. The molecule has 0 saturated carbocycles. The van der Waals surface area contributed by atoms with E-state index in [1.807, 2.05) is 48.7 Å². The summed E-state index contributed by atoms with van der Waals surface area (Å²) in [6, 6.07) is 12.7. The van der Waals surface area contributed by atoms with Gasteiger partial charge in [-0.2, -0.15) is 0 Å². The van der Waals surface area contributed by atoms with Gasteiger partial charge < -0.3 is 9.88 Å². The molecule has 5 nitrogen and oxygen atoms in total. The zero-order valence-corrected chi connectivity index (χ0v) is 19.1. The largest absolute Gasteiger partial charge is 0.342 e. The highest BCUT2D eigenvalue weighted by Crippen LogP contribution is 2.28. The summed E-state index contributed by atoms with van der Waals surface area (Å²) in [4.78, 5) is 12.6. The van der Waals surface area contributed by atoms with Gasteiger partial charge in [0.1, 0.15) is 0 Å². The lowest BCUT2D eigenvalue weighted by Gasteiger charge is -2.15. The molecule has 0 saturated heterocycles. The highest BCUT2D eigenvalue weighted by Gasteiger charge is 2.20. The number of amides is 1. The molecule has 1 aromatic heterocycles. The summed E-state index contributed by atoms with van der Waals surface area (Å²) in [5.74, 6) is 1.19. The fraction of sp³-hybridized carbons (Fsp3) is 0.227. The van der Waals surface area contributed by atoms with E-state index >= 15 is 0 Å². The van der Waals surface area contributed by atoms with Crippen LogP contribution in [0.1, 0.15) is 40.3 Å². The SMILES string of the molecule is C=CCn1c(SCc2ccc(Cl)c(Cl)c2)nnc1C(C)NC(=O)c1cccc(C)c1. The van der Waals surface area contributed by atoms with E-state index in [1.165, 1.54) is 11.8 Å². The molecule has 0 aliphatic carbocycles. The van der Waals surface area contributed by atoms with Gasteiger partial charge >= 0.3 is 0 Å². The van der Waals surface area contributed by atoms with Crippen molar-refractivity contribution in [2.24, 2.45) is 0 Å². The number of rotatable bonds is 8. The fourth-order valence-corrected chi connectivity index (χ4v) is 4.15. The van der Waals surface area contributed by atoms with E-state index in [0.717, 1.165) is 16.3 Å². The third kappa shape index (κ3) is 5.45. The first kappa shape index (κ1) is 22.4. The first-order valence-electron chi connectivity index (χ1n) is 9.37. The van der Waals surface area contributed by atoms with E-state index in [0.29, 0.717) is 33.7 Å². The number of thioether (sulfide) groups is 1. The van der Waals surface area contributed by atoms with Gasteiger partial charge in [-0.05, 0) is 43.7 Å². The Bertz CT molecular complexity index is 1070. The van der Waals surface area contributed by atoms with Crippen LogP contribution in [0, 0.1) is 6.92 Å². The van der Waals surface area contributed by atoms with Crippen LogP contribution < -0.4 is 5.32 Å². The molecule has 0 bridgehead atoms. The predicted molar refractivity (Wildman–Crippen MR) is 123 cm³/mol. The maximum atomic E-state index is 12.6. The molecule has 3 rings (SSSR count). The molecule has 2 aromatic carbocycles. The Kier molecular flexibility index (Phi) is 7.58. The van der Waals surface area contributed by atoms with Crippen molar-refractivity contribution in [2.75, 3.05) is 0 Å². The van der Waals surface area contributed by atoms with Crippen LogP contribution in [0.3, 0.4) is 0 Å². The second-order valence-corrected chi connectivity index (χ2v) is 8.60. The number of nitrogens with zero attached hydrogens (tertiary/aromatic N) is 3. The van der Waals surface area contributed by atoms with Crippen molar-refractivity contribution in [2.45, 2.75) is 37.3 Å². The molecule has 1 atom stereocenters. The van der Waals surface area contributed by atoms with Crippen molar-refractivity contribution in [1.29, 1.82) is 0 Å². The summed E-state index contributed by atoms with van der Waals surface area (Å²) in [6.07, 6.45) is 1.78. The molecule has 30 heavy (non-hydrogen) atoms. The molecular weight excluding hydrogens is 439 g/mol. The van der Waals surface area contributed by atoms with Crippen LogP contribution in [0.25, 0.3) is 0 Å². The van der Waals surface area contributed by atoms with Crippen LogP contribution in [0.15, 0.2) is 60.3 Å². The van der Waals surface area contributed by atoms with Crippen molar-refractivity contribution in [3.8, 4) is 0 Å². The first-order valence-corrected chi connectivity index (χ1v) is 11.1. The second-order valence-electron chi connectivity index (χ2n) is 6.84. The van der Waals surface area contributed by atoms with Gasteiger partial charge in [0, 0.05) is 17.9 Å². The van der Waals surface area contributed by atoms with Gasteiger partial charge in [-0.15, -0.1) is 16.8 Å². The summed E-state index contributed by atoms with van der Waals surface area (Å²) in [7, 11) is 0. The van der Waals surface area contributed by atoms with E-state index in [2.05, 4.69) is 22.1 Å². The van der Waals surface area contributed by atoms with E-state index in [9.17, 15) is 4.79 Å². The highest BCUT2D eigenvalue weighted by molar-refractivity contribution is 7.98. The maximum Gasteiger partial charge on any atom is 0.251 e. The Morgan fingerprint density at radius 3 is 2.73 bits per heavy atom. The summed E-state index contributed by atoms with van der Waals surface area (Å²) in [5, 5.41) is 13.4. The third-order valence-electron chi connectivity index (χ3n) is 4.42. The van der Waals surface area contributed by atoms with Gasteiger partial charge in [-0.25, -0.2) is 0 Å². The Balaban J connectivity index is 1.74. The van der Waals surface area contributed by atoms with E-state index in [4.69, 9.17) is 23.2 Å². The molecule has 1 heterocycles. The number of benzene rings is 2. The van der Waals surface area contributed by atoms with Gasteiger partial charge in [-0.3, -0.25) is 4.79 Å². The predicted octanol–water partition coefficient (Wildman–Crippen LogP) is 5.86. The van der Waals surface area contributed by atoms with Crippen molar-refractivity contribution < 1.29 is 4.79 Å². The minimum atomic E-state index is -0.315. The topological polar surface area (TPSA) is 59.8 Å². The molecule has 8 heteroatoms. The van der Waals surface area contributed by atoms with Crippen molar-refractivity contribution in [1.82, 2.24) is 20.1 Å². The second kappa shape index (κ2) is 10.2. The normalized spacial score (nSPS) is 11.9. The van der Waals surface area contributed by atoms with Gasteiger partial charge in [-0.1, -0.05) is 64.8 Å². The number of hydrogen-bond donors (Lipinski definition) is 1. The van der Waals surface area contributed by atoms with Gasteiger partial charge in [0.25, 0.3) is 5.91 Å². The molecule has 0 aliphatic heterocycles. The third-order valence-corrected chi connectivity index (χ3v) is 6.20. The monoisotopic (exact) mass is 460 g/mol. The van der Waals surface area contributed by atoms with Crippen molar-refractivity contribution in [3.05, 3.63) is 87.7 Å². The zero-order valence-electron chi connectivity index (χ0n) is 16.7. The molecule has 1 amide bonds. The van der Waals surface area contributed by atoms with Crippen LogP contribution in [0.4, 0.5) is 0 Å². The van der Waals surface area contributed by atoms with E-state index in [1.54, 1.807) is 18.2 Å². The minimum Gasteiger partial charge on any atom is -0.342 e. The maximum absolute atomic E-state index is 12.6. The van der Waals surface area contributed by atoms with Crippen molar-refractivity contribution >= 4 is 40.9 Å². The van der Waals surface area contributed by atoms with Crippen LogP contribution in [0.5, 0.6) is 0 Å². The molecule has 0 aliphatic rings. The smallest absolute Gasteiger partial charge is 0.251 e. The van der Waals surface area contributed by atoms with Gasteiger partial charge in [0.05, 0.1) is 16.1 Å². The quantitative estimate of drug-likeness (QED) is 0.337. The van der Waals surface area contributed by atoms with Crippen LogP contribution in [-0.4, -0.2) is 20.7 Å². The molecule has 1 unspecified atom stereocenters. The highest BCUT2D eigenvalue weighted by atomic mass is 35.5. The molecular formula is C22H22Cl2N4OS. The Morgan fingerprint density at radius 2 is 2.03 bits per heavy atom. The molecule has 0 spiro atoms. The Hall–Kier alpha value is -2.28. The number of carbonyl (C=O) groups is 1. The number of carbonyl (C=O) groups excluding carboxylic acids is 1. The fourth-order valence-electron chi connectivity index (χ4n) is 2.94. The molecule has 156 valence electrons. The number of allylic oxidation sites excluding steroid dienone is 1. The number of hydrogen-bond acceptors (Lipinski definition) is 4. The van der Waals surface area contributed by atoms with E-state index < -0.39 is 0 Å². The lowest BCUT2D eigenvalue weighted by Crippen LogP contribution is -2.28. The lowest BCUT2D eigenvalue weighted by molar-refractivity contribution is 0.0937. The van der Waals surface area contributed by atoms with Crippen LogP contribution in [-0.2, 0) is 12.3 Å². The van der Waals surface area contributed by atoms with Crippen molar-refractivity contribution in [3.63, 3.8) is 0 Å². The Labute approximate surface area is 190 Å². The van der Waals surface area contributed by atoms with Gasteiger partial charge in [0.2, 0.25) is 0 Å². The molecule has 0 radical (unpaired) electrons. The number of aromatic nitrogens is 3. The molecule has 1 N–H and O–H groups in total. The molecule has 0 fully saturated rings. The number of aryl methyl sites for hydroxylation is 1. The minimum absolute atomic E-state index is 0.149. The summed E-state index contributed by atoms with van der Waals surface area (Å²) >= 11 is 13.6. The van der Waals surface area contributed by atoms with Gasteiger partial charge in [0.15, 0.2) is 11.0 Å². The number of nitrogens with one attached hydrogen (secondary N) is 1. The average molecular weight is 461 g/mol.